The summed E-state index contributed by atoms with van der Waals surface area (Å²) in [6.45, 7) is 14.7. The van der Waals surface area contributed by atoms with Crippen LogP contribution in [0.25, 0.3) is 0 Å². The molecule has 504 valence electrons. The number of rotatable bonds is 14. The van der Waals surface area contributed by atoms with Crippen molar-refractivity contribution in [1.29, 1.82) is 0 Å². The summed E-state index contributed by atoms with van der Waals surface area (Å²) in [7, 11) is 0. The van der Waals surface area contributed by atoms with E-state index in [9.17, 15) is 86.5 Å². The number of carbonyl (C=O) groups excluding carboxylic acids is 1. The van der Waals surface area contributed by atoms with E-state index in [1.165, 1.54) is 12.5 Å². The number of hydrogen-bond acceptors (Lipinski definition) is 27. The lowest BCUT2D eigenvalue weighted by Gasteiger charge is -2.71. The quantitative estimate of drug-likeness (QED) is 0.0466. The number of carboxylic acids is 1. The van der Waals surface area contributed by atoms with Crippen LogP contribution in [0.4, 0.5) is 0 Å². The standard InChI is InChI=1S/C60H96O28/c1-23-32(63)35(66)39(70)50(80-23)85-45-27(21-62)82-49(42(73)38(45)69)79-22-28-34(65)37(68)41(72)52(83-28)88-54(78)60-17-15-55(2,3)19-25(60)24-9-10-30-57(6)13-12-31(56(4,5)29(57)11-14-59(30,8)58(24,7)16-18-60)84-53-44(75)46(43(74)47(87-53)48(76)77)86-51-40(71)36(67)33(64)26(20-61)81-51/h9,23,25-47,49-53,61-75H,10-22H2,1-8H3,(H,76,77). The van der Waals surface area contributed by atoms with Gasteiger partial charge in [-0.1, -0.05) is 60.1 Å². The molecule has 5 aliphatic heterocycles. The lowest BCUT2D eigenvalue weighted by atomic mass is 9.33. The number of aliphatic hydroxyl groups excluding tert-OH is 15. The number of hydrogen-bond donors (Lipinski definition) is 16. The van der Waals surface area contributed by atoms with Crippen LogP contribution in [0.2, 0.25) is 0 Å². The van der Waals surface area contributed by atoms with Gasteiger partial charge >= 0.3 is 11.9 Å². The average molecular weight is 1270 g/mol. The SMILES string of the molecule is CC1OC(OC2C(CO)OC(OCC3OC(OC(=O)C45CCC(C)(C)CC4C4=CCC6C7(C)CCC(OC8OC(C(=O)O)C(O)C(OC9OC(CO)C(O)C(O)C9O)C8O)C(C)(C)C7CCC6(C)C4(C)CC5)C(O)C(O)C3O)C(O)C2O)C(O)C(O)C1O. The highest BCUT2D eigenvalue weighted by molar-refractivity contribution is 5.79. The Bertz CT molecular complexity index is 2500. The molecule has 4 saturated carbocycles. The maximum Gasteiger partial charge on any atom is 0.335 e. The monoisotopic (exact) mass is 1260 g/mol. The maximum atomic E-state index is 15.2. The molecule has 5 heterocycles. The van der Waals surface area contributed by atoms with Crippen molar-refractivity contribution in [2.24, 2.45) is 50.2 Å². The number of esters is 1. The topological polar surface area (TPSA) is 450 Å². The minimum Gasteiger partial charge on any atom is -0.479 e. The van der Waals surface area contributed by atoms with Crippen LogP contribution in [0.3, 0.4) is 0 Å². The molecule has 9 fully saturated rings. The molecule has 0 aromatic carbocycles. The van der Waals surface area contributed by atoms with E-state index in [1.54, 1.807) is 0 Å². The Morgan fingerprint density at radius 2 is 1.09 bits per heavy atom. The highest BCUT2D eigenvalue weighted by atomic mass is 16.8. The van der Waals surface area contributed by atoms with E-state index in [0.29, 0.717) is 51.4 Å². The van der Waals surface area contributed by atoms with Gasteiger partial charge in [-0.15, -0.1) is 0 Å². The lowest BCUT2D eigenvalue weighted by molar-refractivity contribution is -0.365. The van der Waals surface area contributed by atoms with Gasteiger partial charge in [0.15, 0.2) is 31.3 Å². The second-order valence-corrected chi connectivity index (χ2v) is 29.1. The summed E-state index contributed by atoms with van der Waals surface area (Å²) in [5, 5.41) is 172. The Morgan fingerprint density at radius 3 is 1.74 bits per heavy atom. The Kier molecular flexibility index (Phi) is 19.6. The van der Waals surface area contributed by atoms with Gasteiger partial charge in [-0.2, -0.15) is 0 Å². The van der Waals surface area contributed by atoms with Crippen molar-refractivity contribution < 1.29 is 139 Å². The molecule has 10 aliphatic rings. The lowest BCUT2D eigenvalue weighted by Crippen LogP contribution is -2.67. The molecule has 5 aliphatic carbocycles. The first-order chi connectivity index (χ1) is 41.1. The predicted octanol–water partition coefficient (Wildman–Crippen LogP) is -3.09. The Hall–Kier alpha value is -2.28. The third kappa shape index (κ3) is 11.4. The first-order valence-electron chi connectivity index (χ1n) is 31.2. The largest absolute Gasteiger partial charge is 0.479 e. The molecule has 0 aromatic rings. The van der Waals surface area contributed by atoms with E-state index < -0.39 is 208 Å². The van der Waals surface area contributed by atoms with E-state index in [4.69, 9.17) is 47.4 Å². The molecule has 33 unspecified atom stereocenters. The fourth-order valence-electron chi connectivity index (χ4n) is 17.8. The Balaban J connectivity index is 0.825. The number of fused-ring (bicyclic) bond motifs is 7. The molecule has 0 aromatic heterocycles. The summed E-state index contributed by atoms with van der Waals surface area (Å²) in [6.07, 6.45) is -35.0. The highest BCUT2D eigenvalue weighted by Crippen LogP contribution is 2.76. The number of carboxylic acid groups (broad SMARTS) is 1. The summed E-state index contributed by atoms with van der Waals surface area (Å²) >= 11 is 0. The van der Waals surface area contributed by atoms with Crippen molar-refractivity contribution in [1.82, 2.24) is 0 Å². The second-order valence-electron chi connectivity index (χ2n) is 29.1. The van der Waals surface area contributed by atoms with Crippen molar-refractivity contribution in [3.05, 3.63) is 11.6 Å². The van der Waals surface area contributed by atoms with Crippen molar-refractivity contribution in [3.63, 3.8) is 0 Å². The fourth-order valence-corrected chi connectivity index (χ4v) is 17.8. The van der Waals surface area contributed by atoms with Crippen molar-refractivity contribution in [2.45, 2.75) is 279 Å². The van der Waals surface area contributed by atoms with Gasteiger partial charge in [0.2, 0.25) is 6.29 Å². The fraction of sp³-hybridized carbons (Fsp3) is 0.933. The summed E-state index contributed by atoms with van der Waals surface area (Å²) in [5.41, 5.74) is -1.71. The molecule has 28 heteroatoms. The van der Waals surface area contributed by atoms with Crippen LogP contribution in [0.1, 0.15) is 120 Å². The van der Waals surface area contributed by atoms with Crippen LogP contribution in [-0.4, -0.2) is 273 Å². The van der Waals surface area contributed by atoms with Crippen LogP contribution in [0, 0.1) is 50.2 Å². The van der Waals surface area contributed by atoms with Crippen LogP contribution < -0.4 is 0 Å². The predicted molar refractivity (Wildman–Crippen MR) is 295 cm³/mol. The average Bonchev–Trinajstić information content (AvgIpc) is 0.693. The molecule has 88 heavy (non-hydrogen) atoms. The van der Waals surface area contributed by atoms with Crippen molar-refractivity contribution in [3.8, 4) is 0 Å². The minimum atomic E-state index is -2.01. The number of carbonyl (C=O) groups is 2. The van der Waals surface area contributed by atoms with Gasteiger partial charge in [0, 0.05) is 0 Å². The summed E-state index contributed by atoms with van der Waals surface area (Å²) in [4.78, 5) is 27.8. The first kappa shape index (κ1) is 68.6. The zero-order chi connectivity index (χ0) is 64.4. The number of aliphatic hydroxyl groups is 15. The zero-order valence-electron chi connectivity index (χ0n) is 51.1. The van der Waals surface area contributed by atoms with E-state index in [0.717, 1.165) is 12.8 Å². The molecule has 33 atom stereocenters. The molecule has 5 saturated heterocycles. The van der Waals surface area contributed by atoms with Crippen LogP contribution >= 0.6 is 0 Å². The van der Waals surface area contributed by atoms with Crippen molar-refractivity contribution >= 4 is 11.9 Å². The van der Waals surface area contributed by atoms with E-state index in [1.807, 2.05) is 0 Å². The van der Waals surface area contributed by atoms with Gasteiger partial charge in [0.25, 0.3) is 0 Å². The van der Waals surface area contributed by atoms with Crippen LogP contribution in [0.15, 0.2) is 11.6 Å². The maximum absolute atomic E-state index is 15.2. The summed E-state index contributed by atoms with van der Waals surface area (Å²) < 4.78 is 58.6. The van der Waals surface area contributed by atoms with Gasteiger partial charge in [0.05, 0.1) is 37.4 Å². The molecule has 0 radical (unpaired) electrons. The molecule has 0 bridgehead atoms. The molecule has 16 N–H and O–H groups in total. The van der Waals surface area contributed by atoms with Gasteiger partial charge in [-0.3, -0.25) is 4.79 Å². The highest BCUT2D eigenvalue weighted by Gasteiger charge is 2.70. The normalized spacial score (nSPS) is 53.5. The molecular formula is C60H96O28. The third-order valence-corrected chi connectivity index (χ3v) is 23.4. The van der Waals surface area contributed by atoms with Crippen LogP contribution in [0.5, 0.6) is 0 Å². The molecular weight excluding hydrogens is 1170 g/mol. The van der Waals surface area contributed by atoms with Gasteiger partial charge in [-0.05, 0) is 116 Å². The summed E-state index contributed by atoms with van der Waals surface area (Å²) in [5.74, 6) is -2.37. The smallest absolute Gasteiger partial charge is 0.335 e. The molecule has 28 nitrogen and oxygen atoms in total. The minimum absolute atomic E-state index is 0.0287. The molecule has 10 rings (SSSR count). The first-order valence-corrected chi connectivity index (χ1v) is 31.2. The van der Waals surface area contributed by atoms with E-state index >= 15 is 4.79 Å². The van der Waals surface area contributed by atoms with Crippen LogP contribution in [-0.2, 0) is 57.0 Å². The van der Waals surface area contributed by atoms with Gasteiger partial charge in [0.1, 0.15) is 110 Å². The zero-order valence-corrected chi connectivity index (χ0v) is 51.1. The number of ether oxygens (including phenoxy) is 10. The summed E-state index contributed by atoms with van der Waals surface area (Å²) in [6, 6.07) is 0. The van der Waals surface area contributed by atoms with E-state index in [2.05, 4.69) is 54.5 Å². The molecule has 0 spiro atoms. The Labute approximate surface area is 510 Å². The number of aliphatic carboxylic acids is 1. The van der Waals surface area contributed by atoms with Crippen molar-refractivity contribution in [2.75, 3.05) is 19.8 Å². The number of allylic oxidation sites excluding steroid dienone is 2. The Morgan fingerprint density at radius 1 is 0.534 bits per heavy atom. The van der Waals surface area contributed by atoms with Gasteiger partial charge in [-0.25, -0.2) is 4.79 Å². The van der Waals surface area contributed by atoms with E-state index in [-0.39, 0.29) is 34.0 Å². The van der Waals surface area contributed by atoms with Gasteiger partial charge < -0.3 is 129 Å². The third-order valence-electron chi connectivity index (χ3n) is 23.4. The second kappa shape index (κ2) is 25.1. The molecule has 0 amide bonds.